The van der Waals surface area contributed by atoms with Crippen LogP contribution < -0.4 is 10.9 Å². The van der Waals surface area contributed by atoms with E-state index in [9.17, 15) is 9.59 Å². The van der Waals surface area contributed by atoms with Crippen LogP contribution in [0, 0.1) is 5.92 Å². The lowest BCUT2D eigenvalue weighted by atomic mass is 9.97. The van der Waals surface area contributed by atoms with Crippen LogP contribution in [-0.4, -0.2) is 15.5 Å². The Hall–Kier alpha value is -2.47. The first kappa shape index (κ1) is 20.3. The van der Waals surface area contributed by atoms with Crippen LogP contribution in [0.15, 0.2) is 64.1 Å². The Labute approximate surface area is 172 Å². The SMILES string of the molecule is CC(C)CC(NC(=O)CCn1cnc2ccc(Br)cc2c1=O)c1ccccc1. The summed E-state index contributed by atoms with van der Waals surface area (Å²) >= 11 is 3.38. The van der Waals surface area contributed by atoms with Gasteiger partial charge in [-0.3, -0.25) is 14.2 Å². The Morgan fingerprint density at radius 2 is 1.93 bits per heavy atom. The highest BCUT2D eigenvalue weighted by Crippen LogP contribution is 2.21. The van der Waals surface area contributed by atoms with E-state index in [4.69, 9.17) is 0 Å². The Balaban J connectivity index is 1.70. The number of rotatable bonds is 7. The molecule has 28 heavy (non-hydrogen) atoms. The van der Waals surface area contributed by atoms with Gasteiger partial charge in [-0.15, -0.1) is 0 Å². The first-order valence-corrected chi connectivity index (χ1v) is 10.2. The molecule has 0 aliphatic rings. The number of aryl methyl sites for hydroxylation is 1. The molecule has 146 valence electrons. The zero-order valence-electron chi connectivity index (χ0n) is 16.1. The van der Waals surface area contributed by atoms with E-state index < -0.39 is 0 Å². The predicted molar refractivity (Wildman–Crippen MR) is 115 cm³/mol. The lowest BCUT2D eigenvalue weighted by Gasteiger charge is -2.21. The van der Waals surface area contributed by atoms with Gasteiger partial charge in [-0.05, 0) is 36.1 Å². The smallest absolute Gasteiger partial charge is 0.261 e. The van der Waals surface area contributed by atoms with Crippen LogP contribution in [0.5, 0.6) is 0 Å². The van der Waals surface area contributed by atoms with Gasteiger partial charge in [-0.25, -0.2) is 4.98 Å². The molecule has 1 heterocycles. The van der Waals surface area contributed by atoms with Gasteiger partial charge >= 0.3 is 0 Å². The summed E-state index contributed by atoms with van der Waals surface area (Å²) < 4.78 is 2.32. The number of halogens is 1. The molecule has 1 amide bonds. The third-order valence-electron chi connectivity index (χ3n) is 4.61. The van der Waals surface area contributed by atoms with Crippen molar-refractivity contribution in [3.63, 3.8) is 0 Å². The Bertz CT molecular complexity index is 1020. The van der Waals surface area contributed by atoms with E-state index in [0.29, 0.717) is 23.4 Å². The summed E-state index contributed by atoms with van der Waals surface area (Å²) in [6.07, 6.45) is 2.60. The molecule has 0 saturated heterocycles. The van der Waals surface area contributed by atoms with Crippen molar-refractivity contribution in [1.29, 1.82) is 0 Å². The van der Waals surface area contributed by atoms with Gasteiger partial charge in [0.1, 0.15) is 0 Å². The quantitative estimate of drug-likeness (QED) is 0.588. The maximum Gasteiger partial charge on any atom is 0.261 e. The van der Waals surface area contributed by atoms with Gasteiger partial charge in [-0.1, -0.05) is 60.1 Å². The minimum absolute atomic E-state index is 0.0314. The van der Waals surface area contributed by atoms with Crippen molar-refractivity contribution in [3.8, 4) is 0 Å². The van der Waals surface area contributed by atoms with E-state index >= 15 is 0 Å². The number of aromatic nitrogens is 2. The molecule has 0 spiro atoms. The monoisotopic (exact) mass is 441 g/mol. The third-order valence-corrected chi connectivity index (χ3v) is 5.10. The van der Waals surface area contributed by atoms with Crippen molar-refractivity contribution >= 4 is 32.7 Å². The molecular formula is C22H24BrN3O2. The van der Waals surface area contributed by atoms with E-state index in [1.165, 1.54) is 10.9 Å². The maximum atomic E-state index is 12.7. The summed E-state index contributed by atoms with van der Waals surface area (Å²) in [5.41, 5.74) is 1.61. The normalized spacial score (nSPS) is 12.3. The van der Waals surface area contributed by atoms with Crippen molar-refractivity contribution in [1.82, 2.24) is 14.9 Å². The van der Waals surface area contributed by atoms with Crippen LogP contribution in [0.4, 0.5) is 0 Å². The fourth-order valence-corrected chi connectivity index (χ4v) is 3.58. The molecule has 1 N–H and O–H groups in total. The molecular weight excluding hydrogens is 418 g/mol. The van der Waals surface area contributed by atoms with E-state index in [1.807, 2.05) is 36.4 Å². The van der Waals surface area contributed by atoms with Gasteiger partial charge in [0.05, 0.1) is 23.3 Å². The van der Waals surface area contributed by atoms with Gasteiger partial charge < -0.3 is 5.32 Å². The van der Waals surface area contributed by atoms with Crippen molar-refractivity contribution in [2.24, 2.45) is 5.92 Å². The minimum Gasteiger partial charge on any atom is -0.349 e. The van der Waals surface area contributed by atoms with Crippen molar-refractivity contribution in [3.05, 3.63) is 75.2 Å². The fraction of sp³-hybridized carbons (Fsp3) is 0.318. The molecule has 1 unspecified atom stereocenters. The minimum atomic E-state index is -0.138. The lowest BCUT2D eigenvalue weighted by molar-refractivity contribution is -0.122. The van der Waals surface area contributed by atoms with Crippen molar-refractivity contribution in [2.45, 2.75) is 39.3 Å². The van der Waals surface area contributed by atoms with Gasteiger partial charge in [0.25, 0.3) is 5.56 Å². The number of amides is 1. The molecule has 0 bridgehead atoms. The van der Waals surface area contributed by atoms with Crippen LogP contribution in [-0.2, 0) is 11.3 Å². The number of nitrogens with zero attached hydrogens (tertiary/aromatic N) is 2. The standard InChI is InChI=1S/C22H24BrN3O2/c1-15(2)12-20(16-6-4-3-5-7-16)25-21(27)10-11-26-14-24-19-9-8-17(23)13-18(19)22(26)28/h3-9,13-15,20H,10-12H2,1-2H3,(H,25,27). The number of nitrogens with one attached hydrogen (secondary N) is 1. The van der Waals surface area contributed by atoms with Crippen molar-refractivity contribution < 1.29 is 4.79 Å². The van der Waals surface area contributed by atoms with E-state index in [1.54, 1.807) is 12.1 Å². The number of hydrogen-bond acceptors (Lipinski definition) is 3. The number of carbonyl (C=O) groups is 1. The van der Waals surface area contributed by atoms with Crippen LogP contribution in [0.2, 0.25) is 0 Å². The van der Waals surface area contributed by atoms with E-state index in [2.05, 4.69) is 40.1 Å². The number of hydrogen-bond donors (Lipinski definition) is 1. The average molecular weight is 442 g/mol. The van der Waals surface area contributed by atoms with Crippen LogP contribution in [0.25, 0.3) is 10.9 Å². The number of fused-ring (bicyclic) bond motifs is 1. The third kappa shape index (κ3) is 5.07. The van der Waals surface area contributed by atoms with Gasteiger partial charge in [0, 0.05) is 17.4 Å². The zero-order chi connectivity index (χ0) is 20.1. The maximum absolute atomic E-state index is 12.7. The second-order valence-corrected chi connectivity index (χ2v) is 8.23. The largest absolute Gasteiger partial charge is 0.349 e. The zero-order valence-corrected chi connectivity index (χ0v) is 17.6. The highest BCUT2D eigenvalue weighted by Gasteiger charge is 2.16. The molecule has 6 heteroatoms. The summed E-state index contributed by atoms with van der Waals surface area (Å²) in [4.78, 5) is 29.5. The fourth-order valence-electron chi connectivity index (χ4n) is 3.21. The Kier molecular flexibility index (Phi) is 6.62. The molecule has 0 saturated carbocycles. The number of benzene rings is 2. The molecule has 0 aliphatic heterocycles. The van der Waals surface area contributed by atoms with Gasteiger partial charge in [0.15, 0.2) is 0 Å². The Morgan fingerprint density at radius 3 is 2.64 bits per heavy atom. The van der Waals surface area contributed by atoms with Crippen molar-refractivity contribution in [2.75, 3.05) is 0 Å². The molecule has 5 nitrogen and oxygen atoms in total. The van der Waals surface area contributed by atoms with Crippen LogP contribution in [0.1, 0.15) is 38.3 Å². The second-order valence-electron chi connectivity index (χ2n) is 7.31. The predicted octanol–water partition coefficient (Wildman–Crippen LogP) is 4.45. The highest BCUT2D eigenvalue weighted by molar-refractivity contribution is 9.10. The summed E-state index contributed by atoms with van der Waals surface area (Å²) in [6, 6.07) is 15.4. The summed E-state index contributed by atoms with van der Waals surface area (Å²) in [6.45, 7) is 4.57. The van der Waals surface area contributed by atoms with Gasteiger partial charge in [0.2, 0.25) is 5.91 Å². The number of carbonyl (C=O) groups excluding carboxylic acids is 1. The molecule has 1 atom stereocenters. The topological polar surface area (TPSA) is 64.0 Å². The van der Waals surface area contributed by atoms with Crippen LogP contribution in [0.3, 0.4) is 0 Å². The molecule has 0 aliphatic carbocycles. The summed E-state index contributed by atoms with van der Waals surface area (Å²) in [5.74, 6) is 0.381. The first-order chi connectivity index (χ1) is 13.4. The van der Waals surface area contributed by atoms with Crippen LogP contribution >= 0.6 is 15.9 Å². The molecule has 0 radical (unpaired) electrons. The summed E-state index contributed by atoms with van der Waals surface area (Å²) in [5, 5.41) is 3.66. The summed E-state index contributed by atoms with van der Waals surface area (Å²) in [7, 11) is 0. The van der Waals surface area contributed by atoms with E-state index in [0.717, 1.165) is 16.5 Å². The molecule has 0 fully saturated rings. The average Bonchev–Trinajstić information content (AvgIpc) is 2.68. The second kappa shape index (κ2) is 9.15. The lowest BCUT2D eigenvalue weighted by Crippen LogP contribution is -2.31. The van der Waals surface area contributed by atoms with Gasteiger partial charge in [-0.2, -0.15) is 0 Å². The molecule has 3 rings (SSSR count). The first-order valence-electron chi connectivity index (χ1n) is 9.43. The van der Waals surface area contributed by atoms with E-state index in [-0.39, 0.29) is 23.9 Å². The molecule has 3 aromatic rings. The molecule has 2 aromatic carbocycles. The molecule has 1 aromatic heterocycles. The highest BCUT2D eigenvalue weighted by atomic mass is 79.9. The Morgan fingerprint density at radius 1 is 1.18 bits per heavy atom.